The monoisotopic (exact) mass is 912 g/mol. The van der Waals surface area contributed by atoms with Gasteiger partial charge in [0.05, 0.1) is 32.0 Å². The Kier molecular flexibility index (Phi) is 25.7. The highest BCUT2D eigenvalue weighted by Crippen LogP contribution is 2.50. The van der Waals surface area contributed by atoms with Gasteiger partial charge in [-0.25, -0.2) is 9.34 Å². The molecule has 0 aliphatic rings. The van der Waals surface area contributed by atoms with E-state index in [0.29, 0.717) is 57.0 Å². The molecule has 14 heteroatoms. The summed E-state index contributed by atoms with van der Waals surface area (Å²) in [5.41, 5.74) is -0.467. The van der Waals surface area contributed by atoms with E-state index in [4.69, 9.17) is 22.5 Å². The number of nitrogens with one attached hydrogen (secondary N) is 1. The van der Waals surface area contributed by atoms with Crippen molar-refractivity contribution in [2.45, 2.75) is 234 Å². The summed E-state index contributed by atoms with van der Waals surface area (Å²) >= 11 is 1.44. The molecule has 1 N–H and O–H groups in total. The van der Waals surface area contributed by atoms with Gasteiger partial charge in [0.2, 0.25) is 0 Å². The number of thioether (sulfide) groups is 1. The van der Waals surface area contributed by atoms with Crippen LogP contribution in [-0.4, -0.2) is 115 Å². The Bertz CT molecular complexity index is 1050. The van der Waals surface area contributed by atoms with Crippen molar-refractivity contribution in [3.63, 3.8) is 0 Å². The first-order chi connectivity index (χ1) is 26.1. The molecule has 0 radical (unpaired) electrons. The molecule has 0 atom stereocenters. The maximum Gasteiger partial charge on any atom is 0.192 e. The quantitative estimate of drug-likeness (QED) is 0.0339. The van der Waals surface area contributed by atoms with Gasteiger partial charge in [-0.1, -0.05) is 80.5 Å². The molecule has 0 saturated carbocycles. The predicted octanol–water partition coefficient (Wildman–Crippen LogP) is 13.0. The molecule has 0 spiro atoms. The topological polar surface area (TPSA) is 81.7 Å². The minimum Gasteiger partial charge on any atom is -0.415 e. The largest absolute Gasteiger partial charge is 0.415 e. The highest BCUT2D eigenvalue weighted by Gasteiger charge is 2.46. The number of hydrogen-bond acceptors (Lipinski definition) is 10. The van der Waals surface area contributed by atoms with Gasteiger partial charge in [-0.3, -0.25) is 4.79 Å². The second-order valence-corrected chi connectivity index (χ2v) is 39.5. The molecule has 0 aromatic heterocycles. The van der Waals surface area contributed by atoms with Crippen molar-refractivity contribution in [1.82, 2.24) is 14.7 Å². The standard InChI is InChI=1S/C44H98N3O6PSSi3/c1-36(2)46(37(3)4)54(47(38(5)6)39(7)8)50-35-49-30-27-31-55-40(48)28-25-24-26-29-45-44(32-51-56(18,19)41(9,10)11,33-52-57(20,21)42(12,13)14)34-53-58(22,23)43(15,16)17/h36-39,45H,24-35H2,1-23H3. The number of carbonyl (C=O) groups excluding carboxylic acids is 1. The SMILES string of the molecule is CC(C)N(C(C)C)P(OCOCCCSC(=O)CCCCCNC(CO[Si](C)(C)C(C)(C)C)(CO[Si](C)(C)C(C)(C)C)CO[Si](C)(C)C(C)(C)C)N(C(C)C)C(C)C. The number of nitrogens with zero attached hydrogens (tertiary/aromatic N) is 2. The zero-order valence-electron chi connectivity index (χ0n) is 42.5. The van der Waals surface area contributed by atoms with E-state index in [1.165, 1.54) is 11.8 Å². The van der Waals surface area contributed by atoms with Crippen molar-refractivity contribution in [2.75, 3.05) is 45.5 Å². The average molecular weight is 913 g/mol. The Labute approximate surface area is 370 Å². The van der Waals surface area contributed by atoms with Gasteiger partial charge < -0.3 is 27.9 Å². The highest BCUT2D eigenvalue weighted by molar-refractivity contribution is 8.13. The first kappa shape index (κ1) is 58.8. The molecule has 0 rings (SSSR count). The Balaban J connectivity index is 5.36. The molecule has 0 aliphatic carbocycles. The molecule has 0 fully saturated rings. The zero-order chi connectivity index (χ0) is 45.6. The fraction of sp³-hybridized carbons (Fsp3) is 0.977. The third kappa shape index (κ3) is 20.5. The number of carbonyl (C=O) groups is 1. The van der Waals surface area contributed by atoms with Gasteiger partial charge in [-0.05, 0) is 136 Å². The normalized spacial score (nSPS) is 14.5. The summed E-state index contributed by atoms with van der Waals surface area (Å²) in [7, 11) is -7.10. The van der Waals surface area contributed by atoms with E-state index < -0.39 is 38.9 Å². The summed E-state index contributed by atoms with van der Waals surface area (Å²) in [5.74, 6) is 0.766. The second-order valence-electron chi connectivity index (χ2n) is 22.3. The van der Waals surface area contributed by atoms with E-state index >= 15 is 0 Å². The minimum atomic E-state index is -2.05. The molecule has 0 aliphatic heterocycles. The summed E-state index contributed by atoms with van der Waals surface area (Å²) in [6, 6.07) is 1.46. The molecule has 0 saturated heterocycles. The molecular weight excluding hydrogens is 814 g/mol. The molecule has 0 heterocycles. The van der Waals surface area contributed by atoms with Crippen LogP contribution in [0.15, 0.2) is 0 Å². The first-order valence-corrected chi connectivity index (χ1v) is 33.4. The van der Waals surface area contributed by atoms with Gasteiger partial charge in [0.25, 0.3) is 0 Å². The van der Waals surface area contributed by atoms with Crippen LogP contribution in [0.1, 0.15) is 150 Å². The van der Waals surface area contributed by atoms with Crippen molar-refractivity contribution in [3.8, 4) is 0 Å². The molecule has 348 valence electrons. The van der Waals surface area contributed by atoms with E-state index in [1.54, 1.807) is 0 Å². The van der Waals surface area contributed by atoms with Gasteiger partial charge in [0.15, 0.2) is 45.3 Å². The number of ether oxygens (including phenoxy) is 1. The summed E-state index contributed by atoms with van der Waals surface area (Å²) in [4.78, 5) is 12.8. The van der Waals surface area contributed by atoms with Gasteiger partial charge in [0, 0.05) is 36.3 Å². The van der Waals surface area contributed by atoms with Crippen LogP contribution in [0.5, 0.6) is 0 Å². The van der Waals surface area contributed by atoms with E-state index in [-0.39, 0.29) is 27.0 Å². The fourth-order valence-corrected chi connectivity index (χ4v) is 11.8. The highest BCUT2D eigenvalue weighted by atomic mass is 32.2. The average Bonchev–Trinajstić information content (AvgIpc) is 3.04. The Morgan fingerprint density at radius 3 is 1.33 bits per heavy atom. The van der Waals surface area contributed by atoms with Crippen molar-refractivity contribution in [1.29, 1.82) is 0 Å². The second kappa shape index (κ2) is 25.3. The third-order valence-corrected chi connectivity index (χ3v) is 30.0. The number of rotatable bonds is 29. The Morgan fingerprint density at radius 1 is 0.603 bits per heavy atom. The van der Waals surface area contributed by atoms with E-state index in [2.05, 4.69) is 172 Å². The lowest BCUT2D eigenvalue weighted by Gasteiger charge is -2.46. The lowest BCUT2D eigenvalue weighted by Crippen LogP contribution is -2.62. The lowest BCUT2D eigenvalue weighted by molar-refractivity contribution is -0.111. The van der Waals surface area contributed by atoms with Crippen molar-refractivity contribution < 1.29 is 27.3 Å². The van der Waals surface area contributed by atoms with Gasteiger partial charge >= 0.3 is 0 Å². The van der Waals surface area contributed by atoms with E-state index in [9.17, 15) is 4.79 Å². The van der Waals surface area contributed by atoms with E-state index in [1.807, 2.05) is 0 Å². The summed E-state index contributed by atoms with van der Waals surface area (Å²) < 4.78 is 38.3. The minimum absolute atomic E-state index is 0.0988. The van der Waals surface area contributed by atoms with Gasteiger partial charge in [0.1, 0.15) is 0 Å². The lowest BCUT2D eigenvalue weighted by atomic mass is 10.0. The summed E-state index contributed by atoms with van der Waals surface area (Å²) in [5, 5.41) is 4.53. The zero-order valence-corrected chi connectivity index (χ0v) is 47.2. The molecule has 0 aromatic carbocycles. The van der Waals surface area contributed by atoms with Crippen LogP contribution >= 0.6 is 20.2 Å². The van der Waals surface area contributed by atoms with Crippen LogP contribution in [0, 0.1) is 0 Å². The van der Waals surface area contributed by atoms with Gasteiger partial charge in [-0.15, -0.1) is 0 Å². The predicted molar refractivity (Wildman–Crippen MR) is 264 cm³/mol. The Hall–Kier alpha value is 0.781. The molecule has 0 unspecified atom stereocenters. The molecule has 9 nitrogen and oxygen atoms in total. The smallest absolute Gasteiger partial charge is 0.192 e. The first-order valence-electron chi connectivity index (χ1n) is 22.5. The van der Waals surface area contributed by atoms with Crippen LogP contribution in [0.3, 0.4) is 0 Å². The van der Waals surface area contributed by atoms with Crippen molar-refractivity contribution in [2.24, 2.45) is 0 Å². The number of hydrogen-bond donors (Lipinski definition) is 1. The van der Waals surface area contributed by atoms with Crippen LogP contribution in [0.25, 0.3) is 0 Å². The fourth-order valence-electron chi connectivity index (χ4n) is 5.61. The molecule has 0 aromatic rings. The maximum absolute atomic E-state index is 12.8. The van der Waals surface area contributed by atoms with Crippen molar-refractivity contribution in [3.05, 3.63) is 0 Å². The summed E-state index contributed by atoms with van der Waals surface area (Å²) in [6.07, 6.45) is 4.28. The van der Waals surface area contributed by atoms with Crippen LogP contribution in [0.4, 0.5) is 0 Å². The molecule has 0 bridgehead atoms. The Morgan fingerprint density at radius 2 is 0.983 bits per heavy atom. The third-order valence-electron chi connectivity index (χ3n) is 12.6. The summed E-state index contributed by atoms with van der Waals surface area (Å²) in [6.45, 7) is 55.9. The molecular formula is C44H98N3O6PSSi3. The molecule has 58 heavy (non-hydrogen) atoms. The van der Waals surface area contributed by atoms with Crippen LogP contribution < -0.4 is 5.32 Å². The van der Waals surface area contributed by atoms with Crippen LogP contribution in [0.2, 0.25) is 54.4 Å². The molecule has 0 amide bonds. The van der Waals surface area contributed by atoms with E-state index in [0.717, 1.165) is 38.0 Å². The van der Waals surface area contributed by atoms with Crippen molar-refractivity contribution >= 4 is 50.3 Å². The van der Waals surface area contributed by atoms with Crippen LogP contribution in [-0.2, 0) is 27.3 Å². The maximum atomic E-state index is 12.8. The number of unbranched alkanes of at least 4 members (excludes halogenated alkanes) is 2. The van der Waals surface area contributed by atoms with Gasteiger partial charge in [-0.2, -0.15) is 0 Å².